The summed E-state index contributed by atoms with van der Waals surface area (Å²) in [5.41, 5.74) is 3.86. The Hall–Kier alpha value is -3.63. The van der Waals surface area contributed by atoms with Crippen LogP contribution in [-0.4, -0.2) is 64.0 Å². The number of ether oxygens (including phenoxy) is 1. The zero-order valence-electron chi connectivity index (χ0n) is 22.3. The lowest BCUT2D eigenvalue weighted by atomic mass is 10.1. The van der Waals surface area contributed by atoms with Gasteiger partial charge in [-0.2, -0.15) is 0 Å². The molecular formula is C28H35N5O4S. The summed E-state index contributed by atoms with van der Waals surface area (Å²) in [6.45, 7) is 10.9. The van der Waals surface area contributed by atoms with Crippen LogP contribution in [-0.2, 0) is 10.0 Å². The van der Waals surface area contributed by atoms with Crippen molar-refractivity contribution in [3.8, 4) is 5.88 Å². The van der Waals surface area contributed by atoms with Crippen molar-refractivity contribution in [3.05, 3.63) is 71.4 Å². The number of rotatable bonds is 9. The molecule has 3 aromatic rings. The summed E-state index contributed by atoms with van der Waals surface area (Å²) in [7, 11) is -2.70. The molecule has 0 spiro atoms. The molecule has 0 atom stereocenters. The Labute approximate surface area is 224 Å². The van der Waals surface area contributed by atoms with E-state index in [9.17, 15) is 13.2 Å². The number of amides is 1. The van der Waals surface area contributed by atoms with E-state index in [1.165, 1.54) is 19.4 Å². The van der Waals surface area contributed by atoms with Crippen LogP contribution in [0.15, 0.2) is 59.6 Å². The number of sulfonamides is 1. The lowest BCUT2D eigenvalue weighted by Gasteiger charge is -2.36. The molecule has 0 unspecified atom stereocenters. The molecule has 0 saturated carbocycles. The molecule has 1 saturated heterocycles. The predicted octanol–water partition coefficient (Wildman–Crippen LogP) is 4.29. The second-order valence-electron chi connectivity index (χ2n) is 9.43. The van der Waals surface area contributed by atoms with Gasteiger partial charge in [0.15, 0.2) is 4.90 Å². The van der Waals surface area contributed by atoms with Gasteiger partial charge in [-0.25, -0.2) is 13.4 Å². The third kappa shape index (κ3) is 6.25. The molecule has 0 radical (unpaired) electrons. The van der Waals surface area contributed by atoms with Crippen molar-refractivity contribution in [2.45, 2.75) is 32.1 Å². The number of carbonyl (C=O) groups excluding carboxylic acids is 1. The number of aryl methyl sites for hydroxylation is 2. The number of aromatic nitrogens is 1. The van der Waals surface area contributed by atoms with Gasteiger partial charge < -0.3 is 15.0 Å². The number of piperazine rings is 1. The molecule has 1 aliphatic heterocycles. The first-order valence-corrected chi connectivity index (χ1v) is 14.2. The molecule has 2 heterocycles. The molecular weight excluding hydrogens is 502 g/mol. The molecule has 38 heavy (non-hydrogen) atoms. The minimum Gasteiger partial charge on any atom is -0.480 e. The molecule has 2 aromatic carbocycles. The van der Waals surface area contributed by atoms with E-state index < -0.39 is 10.0 Å². The van der Waals surface area contributed by atoms with Crippen molar-refractivity contribution >= 4 is 33.0 Å². The summed E-state index contributed by atoms with van der Waals surface area (Å²) in [6.07, 6.45) is 2.53. The number of nitrogens with one attached hydrogen (secondary N) is 2. The number of methoxy groups -OCH3 is 1. The smallest absolute Gasteiger partial charge is 0.267 e. The molecule has 202 valence electrons. The molecule has 1 aromatic heterocycles. The average molecular weight is 538 g/mol. The lowest BCUT2D eigenvalue weighted by molar-refractivity contribution is 0.102. The van der Waals surface area contributed by atoms with Crippen LogP contribution in [0.4, 0.5) is 17.1 Å². The maximum absolute atomic E-state index is 13.3. The van der Waals surface area contributed by atoms with Crippen molar-refractivity contribution in [1.29, 1.82) is 0 Å². The number of pyridine rings is 1. The number of benzene rings is 2. The number of nitrogens with zero attached hydrogens (tertiary/aromatic N) is 3. The van der Waals surface area contributed by atoms with Gasteiger partial charge in [-0.1, -0.05) is 25.1 Å². The molecule has 10 heteroatoms. The van der Waals surface area contributed by atoms with E-state index in [4.69, 9.17) is 4.74 Å². The van der Waals surface area contributed by atoms with E-state index in [1.54, 1.807) is 12.1 Å². The molecule has 4 rings (SSSR count). The van der Waals surface area contributed by atoms with Gasteiger partial charge in [-0.15, -0.1) is 0 Å². The van der Waals surface area contributed by atoms with Crippen molar-refractivity contribution in [2.75, 3.05) is 54.8 Å². The summed E-state index contributed by atoms with van der Waals surface area (Å²) >= 11 is 0. The monoisotopic (exact) mass is 537 g/mol. The molecule has 1 fully saturated rings. The minimum atomic E-state index is -4.05. The van der Waals surface area contributed by atoms with Crippen molar-refractivity contribution in [2.24, 2.45) is 0 Å². The average Bonchev–Trinajstić information content (AvgIpc) is 2.91. The van der Waals surface area contributed by atoms with Crippen LogP contribution >= 0.6 is 0 Å². The van der Waals surface area contributed by atoms with E-state index in [0.717, 1.165) is 56.0 Å². The summed E-state index contributed by atoms with van der Waals surface area (Å²) in [4.78, 5) is 21.7. The summed E-state index contributed by atoms with van der Waals surface area (Å²) in [6, 6.07) is 14.3. The van der Waals surface area contributed by atoms with E-state index in [1.807, 2.05) is 44.2 Å². The van der Waals surface area contributed by atoms with Crippen LogP contribution in [0.5, 0.6) is 5.88 Å². The molecule has 0 bridgehead atoms. The zero-order chi connectivity index (χ0) is 27.3. The van der Waals surface area contributed by atoms with Gasteiger partial charge in [0.05, 0.1) is 24.7 Å². The van der Waals surface area contributed by atoms with Crippen LogP contribution in [0.25, 0.3) is 0 Å². The second kappa shape index (κ2) is 11.8. The van der Waals surface area contributed by atoms with Crippen LogP contribution in [0.1, 0.15) is 34.8 Å². The van der Waals surface area contributed by atoms with Crippen LogP contribution in [0, 0.1) is 13.8 Å². The third-order valence-corrected chi connectivity index (χ3v) is 8.03. The highest BCUT2D eigenvalue weighted by Crippen LogP contribution is 2.29. The Balaban J connectivity index is 1.48. The predicted molar refractivity (Wildman–Crippen MR) is 151 cm³/mol. The molecule has 0 aliphatic carbocycles. The van der Waals surface area contributed by atoms with Crippen LogP contribution < -0.4 is 19.7 Å². The Kier molecular flexibility index (Phi) is 8.53. The second-order valence-corrected chi connectivity index (χ2v) is 11.1. The summed E-state index contributed by atoms with van der Waals surface area (Å²) < 4.78 is 34.4. The number of anilines is 3. The van der Waals surface area contributed by atoms with Gasteiger partial charge >= 0.3 is 0 Å². The molecule has 1 aliphatic rings. The van der Waals surface area contributed by atoms with Crippen molar-refractivity contribution in [3.63, 3.8) is 0 Å². The van der Waals surface area contributed by atoms with Crippen molar-refractivity contribution in [1.82, 2.24) is 9.88 Å². The quantitative estimate of drug-likeness (QED) is 0.420. The van der Waals surface area contributed by atoms with E-state index in [0.29, 0.717) is 11.3 Å². The molecule has 2 N–H and O–H groups in total. The fraction of sp³-hybridized carbons (Fsp3) is 0.357. The number of para-hydroxylation sites is 1. The van der Waals surface area contributed by atoms with Gasteiger partial charge in [-0.05, 0) is 68.3 Å². The minimum absolute atomic E-state index is 0.0647. The third-order valence-electron chi connectivity index (χ3n) is 6.68. The fourth-order valence-corrected chi connectivity index (χ4v) is 5.93. The highest BCUT2D eigenvalue weighted by molar-refractivity contribution is 7.92. The van der Waals surface area contributed by atoms with Gasteiger partial charge in [0.1, 0.15) is 0 Å². The Bertz CT molecular complexity index is 1360. The maximum atomic E-state index is 13.3. The lowest BCUT2D eigenvalue weighted by Crippen LogP contribution is -2.46. The first-order chi connectivity index (χ1) is 18.2. The molecule has 9 nitrogen and oxygen atoms in total. The first kappa shape index (κ1) is 27.4. The highest BCUT2D eigenvalue weighted by atomic mass is 32.2. The van der Waals surface area contributed by atoms with Gasteiger partial charge in [0, 0.05) is 37.4 Å². The van der Waals surface area contributed by atoms with Gasteiger partial charge in [0.25, 0.3) is 15.9 Å². The Morgan fingerprint density at radius 3 is 2.29 bits per heavy atom. The largest absolute Gasteiger partial charge is 0.480 e. The van der Waals surface area contributed by atoms with E-state index >= 15 is 0 Å². The number of hydrogen-bond acceptors (Lipinski definition) is 7. The van der Waals surface area contributed by atoms with Gasteiger partial charge in [0.2, 0.25) is 5.88 Å². The zero-order valence-corrected chi connectivity index (χ0v) is 23.1. The number of carbonyl (C=O) groups is 1. The van der Waals surface area contributed by atoms with Crippen LogP contribution in [0.3, 0.4) is 0 Å². The van der Waals surface area contributed by atoms with Gasteiger partial charge in [-0.3, -0.25) is 14.4 Å². The SMILES string of the molecule is CCCN1CCN(c2ccc(C(=O)Nc3cnc(OC)c(S(=O)(=O)Nc4c(C)cccc4C)c3)cc2)CC1. The van der Waals surface area contributed by atoms with Crippen LogP contribution in [0.2, 0.25) is 0 Å². The standard InChI is InChI=1S/C28H35N5O4S/c1-5-13-32-14-16-33(17-15-32)24-11-9-22(10-12-24)27(34)30-23-18-25(28(37-4)29-19-23)38(35,36)31-26-20(2)7-6-8-21(26)3/h6-12,18-19,31H,5,13-17H2,1-4H3,(H,30,34). The normalized spacial score (nSPS) is 14.3. The fourth-order valence-electron chi connectivity index (χ4n) is 4.58. The topological polar surface area (TPSA) is 104 Å². The summed E-state index contributed by atoms with van der Waals surface area (Å²) in [5.74, 6) is -0.424. The first-order valence-electron chi connectivity index (χ1n) is 12.7. The maximum Gasteiger partial charge on any atom is 0.267 e. The Morgan fingerprint density at radius 2 is 1.68 bits per heavy atom. The van der Waals surface area contributed by atoms with Crippen molar-refractivity contribution < 1.29 is 17.9 Å². The van der Waals surface area contributed by atoms with E-state index in [-0.39, 0.29) is 22.4 Å². The Morgan fingerprint density at radius 1 is 1.03 bits per heavy atom. The number of hydrogen-bond donors (Lipinski definition) is 2. The van der Waals surface area contributed by atoms with E-state index in [2.05, 4.69) is 31.7 Å². The molecule has 1 amide bonds. The highest BCUT2D eigenvalue weighted by Gasteiger charge is 2.24. The summed E-state index contributed by atoms with van der Waals surface area (Å²) in [5, 5.41) is 2.76.